The number of aliphatic hydroxyl groups is 1. The number of aromatic amines is 1. The number of benzene rings is 3. The average molecular weight is 545 g/mol. The number of halogens is 2. The summed E-state index contributed by atoms with van der Waals surface area (Å²) in [6, 6.07) is 16.5. The van der Waals surface area contributed by atoms with Crippen LogP contribution < -0.4 is 11.1 Å². The van der Waals surface area contributed by atoms with Crippen molar-refractivity contribution >= 4 is 34.0 Å². The Hall–Kier alpha value is -4.34. The zero-order valence-electron chi connectivity index (χ0n) is 22.2. The molecule has 40 heavy (non-hydrogen) atoms. The molecule has 9 heteroatoms. The summed E-state index contributed by atoms with van der Waals surface area (Å²) in [7, 11) is 0. The van der Waals surface area contributed by atoms with Gasteiger partial charge in [0.05, 0.1) is 5.52 Å². The van der Waals surface area contributed by atoms with Crippen LogP contribution in [0.15, 0.2) is 66.7 Å². The number of fused-ring (bicyclic) bond motifs is 1. The standard InChI is InChI=1S/C31H30F2N4O3/c1-17-22(4-3-5-26(17)36-31(40)21-8-6-20(7-9-21)29(32)33)23-10-11-24(30(34)39)28-25(23)16-27(35-28)19-12-14-37(15-13-19)18(2)38/h3-12,16,29-30,35,39H,13-15,34H2,1-2H3,(H,36,40). The van der Waals surface area contributed by atoms with E-state index in [1.165, 1.54) is 24.3 Å². The molecule has 1 aliphatic heterocycles. The third kappa shape index (κ3) is 5.25. The van der Waals surface area contributed by atoms with Gasteiger partial charge in [0.15, 0.2) is 0 Å². The van der Waals surface area contributed by atoms with Gasteiger partial charge in [0, 0.05) is 53.5 Å². The molecule has 3 aromatic carbocycles. The summed E-state index contributed by atoms with van der Waals surface area (Å²) in [5.74, 6) is -0.365. The number of nitrogens with two attached hydrogens (primary N) is 1. The van der Waals surface area contributed by atoms with E-state index >= 15 is 0 Å². The van der Waals surface area contributed by atoms with Crippen LogP contribution in [0.4, 0.5) is 14.5 Å². The minimum absolute atomic E-state index is 0.0374. The maximum atomic E-state index is 12.9. The quantitative estimate of drug-likeness (QED) is 0.226. The third-order valence-corrected chi connectivity index (χ3v) is 7.44. The number of carbonyl (C=O) groups is 2. The van der Waals surface area contributed by atoms with Crippen LogP contribution >= 0.6 is 0 Å². The van der Waals surface area contributed by atoms with Gasteiger partial charge in [-0.25, -0.2) is 8.78 Å². The van der Waals surface area contributed by atoms with Gasteiger partial charge in [0.25, 0.3) is 12.3 Å². The van der Waals surface area contributed by atoms with Gasteiger partial charge in [-0.05, 0) is 59.9 Å². The molecular formula is C31H30F2N4O3. The monoisotopic (exact) mass is 544 g/mol. The Kier molecular flexibility index (Phi) is 7.51. The first-order valence-corrected chi connectivity index (χ1v) is 13.0. The smallest absolute Gasteiger partial charge is 0.263 e. The van der Waals surface area contributed by atoms with Crippen LogP contribution in [0.3, 0.4) is 0 Å². The normalized spacial score (nSPS) is 14.4. The average Bonchev–Trinajstić information content (AvgIpc) is 3.39. The Morgan fingerprint density at radius 2 is 1.82 bits per heavy atom. The van der Waals surface area contributed by atoms with Gasteiger partial charge < -0.3 is 26.0 Å². The van der Waals surface area contributed by atoms with Crippen LogP contribution in [-0.4, -0.2) is 39.9 Å². The van der Waals surface area contributed by atoms with Gasteiger partial charge in [0.2, 0.25) is 5.91 Å². The second-order valence-electron chi connectivity index (χ2n) is 9.92. The number of hydrogen-bond acceptors (Lipinski definition) is 4. The Morgan fingerprint density at radius 3 is 2.45 bits per heavy atom. The molecule has 0 radical (unpaired) electrons. The number of hydrogen-bond donors (Lipinski definition) is 4. The Balaban J connectivity index is 1.51. The molecule has 5 rings (SSSR count). The van der Waals surface area contributed by atoms with E-state index < -0.39 is 18.6 Å². The second kappa shape index (κ2) is 11.0. The SMILES string of the molecule is CC(=O)N1CC=C(c2cc3c(-c4cccc(NC(=O)c5ccc(C(F)F)cc5)c4C)ccc(C(N)O)c3[nH]2)CC1. The van der Waals surface area contributed by atoms with Gasteiger partial charge in [-0.2, -0.15) is 0 Å². The van der Waals surface area contributed by atoms with Crippen molar-refractivity contribution in [1.82, 2.24) is 9.88 Å². The number of H-pyrrole nitrogens is 1. The molecule has 206 valence electrons. The lowest BCUT2D eigenvalue weighted by Gasteiger charge is -2.24. The van der Waals surface area contributed by atoms with Crippen molar-refractivity contribution in [3.8, 4) is 11.1 Å². The first kappa shape index (κ1) is 27.2. The number of alkyl halides is 2. The van der Waals surface area contributed by atoms with Gasteiger partial charge in [-0.3, -0.25) is 9.59 Å². The fraction of sp³-hybridized carbons (Fsp3) is 0.226. The molecule has 4 aromatic rings. The summed E-state index contributed by atoms with van der Waals surface area (Å²) in [6.45, 7) is 4.62. The molecule has 0 fully saturated rings. The predicted molar refractivity (Wildman–Crippen MR) is 152 cm³/mol. The van der Waals surface area contributed by atoms with E-state index in [1.54, 1.807) is 24.0 Å². The van der Waals surface area contributed by atoms with Crippen molar-refractivity contribution in [2.75, 3.05) is 18.4 Å². The highest BCUT2D eigenvalue weighted by atomic mass is 19.3. The van der Waals surface area contributed by atoms with Crippen LogP contribution in [0.5, 0.6) is 0 Å². The van der Waals surface area contributed by atoms with Crippen molar-refractivity contribution in [2.45, 2.75) is 32.9 Å². The van der Waals surface area contributed by atoms with Crippen molar-refractivity contribution < 1.29 is 23.5 Å². The predicted octanol–water partition coefficient (Wildman–Crippen LogP) is 5.92. The number of anilines is 1. The zero-order valence-corrected chi connectivity index (χ0v) is 22.2. The van der Waals surface area contributed by atoms with E-state index in [1.807, 2.05) is 37.3 Å². The van der Waals surface area contributed by atoms with Crippen LogP contribution in [0.1, 0.15) is 58.7 Å². The lowest BCUT2D eigenvalue weighted by molar-refractivity contribution is -0.128. The molecule has 2 amide bonds. The fourth-order valence-corrected chi connectivity index (χ4v) is 5.13. The minimum Gasteiger partial charge on any atom is -0.374 e. The largest absolute Gasteiger partial charge is 0.374 e. The highest BCUT2D eigenvalue weighted by Crippen LogP contribution is 2.38. The van der Waals surface area contributed by atoms with Gasteiger partial charge >= 0.3 is 0 Å². The molecule has 1 aromatic heterocycles. The number of nitrogens with one attached hydrogen (secondary N) is 2. The van der Waals surface area contributed by atoms with Crippen molar-refractivity contribution in [3.05, 3.63) is 94.7 Å². The molecule has 0 spiro atoms. The van der Waals surface area contributed by atoms with E-state index in [0.29, 0.717) is 36.3 Å². The van der Waals surface area contributed by atoms with Crippen molar-refractivity contribution in [3.63, 3.8) is 0 Å². The van der Waals surface area contributed by atoms with Crippen LogP contribution in [0.2, 0.25) is 0 Å². The zero-order chi connectivity index (χ0) is 28.6. The number of nitrogens with zero attached hydrogens (tertiary/aromatic N) is 1. The van der Waals surface area contributed by atoms with Crippen LogP contribution in [0, 0.1) is 6.92 Å². The number of carbonyl (C=O) groups excluding carboxylic acids is 2. The van der Waals surface area contributed by atoms with Crippen molar-refractivity contribution in [1.29, 1.82) is 0 Å². The molecule has 0 saturated carbocycles. The lowest BCUT2D eigenvalue weighted by Crippen LogP contribution is -2.32. The fourth-order valence-electron chi connectivity index (χ4n) is 5.13. The highest BCUT2D eigenvalue weighted by molar-refractivity contribution is 6.06. The summed E-state index contributed by atoms with van der Waals surface area (Å²) in [5.41, 5.74) is 12.4. The molecule has 1 aliphatic rings. The molecule has 5 N–H and O–H groups in total. The molecule has 0 aliphatic carbocycles. The molecule has 2 heterocycles. The molecule has 1 atom stereocenters. The van der Waals surface area contributed by atoms with Gasteiger partial charge in [0.1, 0.15) is 6.23 Å². The molecule has 0 bridgehead atoms. The first-order chi connectivity index (χ1) is 19.1. The van der Waals surface area contributed by atoms with Crippen LogP contribution in [-0.2, 0) is 4.79 Å². The Morgan fingerprint density at radius 1 is 1.07 bits per heavy atom. The number of aliphatic hydroxyl groups excluding tert-OH is 1. The van der Waals surface area contributed by atoms with E-state index in [-0.39, 0.29) is 17.0 Å². The number of amides is 2. The van der Waals surface area contributed by atoms with E-state index in [2.05, 4.69) is 10.3 Å². The maximum absolute atomic E-state index is 12.9. The van der Waals surface area contributed by atoms with E-state index in [0.717, 1.165) is 33.3 Å². The minimum atomic E-state index is -2.60. The summed E-state index contributed by atoms with van der Waals surface area (Å²) >= 11 is 0. The molecular weight excluding hydrogens is 514 g/mol. The summed E-state index contributed by atoms with van der Waals surface area (Å²) < 4.78 is 25.8. The van der Waals surface area contributed by atoms with Crippen molar-refractivity contribution in [2.24, 2.45) is 5.73 Å². The summed E-state index contributed by atoms with van der Waals surface area (Å²) in [6.07, 6.45) is -1.05. The van der Waals surface area contributed by atoms with Gasteiger partial charge in [-0.1, -0.05) is 42.5 Å². The highest BCUT2D eigenvalue weighted by Gasteiger charge is 2.21. The topological polar surface area (TPSA) is 111 Å². The lowest BCUT2D eigenvalue weighted by atomic mass is 9.94. The summed E-state index contributed by atoms with van der Waals surface area (Å²) in [4.78, 5) is 29.9. The van der Waals surface area contributed by atoms with Gasteiger partial charge in [-0.15, -0.1) is 0 Å². The third-order valence-electron chi connectivity index (χ3n) is 7.44. The maximum Gasteiger partial charge on any atom is 0.263 e. The Labute approximate surface area is 230 Å². The second-order valence-corrected chi connectivity index (χ2v) is 9.92. The van der Waals surface area contributed by atoms with E-state index in [4.69, 9.17) is 5.73 Å². The number of aromatic nitrogens is 1. The molecule has 0 saturated heterocycles. The molecule has 1 unspecified atom stereocenters. The first-order valence-electron chi connectivity index (χ1n) is 13.0. The molecule has 7 nitrogen and oxygen atoms in total. The van der Waals surface area contributed by atoms with E-state index in [9.17, 15) is 23.5 Å². The summed E-state index contributed by atoms with van der Waals surface area (Å²) in [5, 5.41) is 14.0. The van der Waals surface area contributed by atoms with Crippen LogP contribution in [0.25, 0.3) is 27.6 Å². The number of rotatable bonds is 6. The Bertz CT molecular complexity index is 1620.